The highest BCUT2D eigenvalue weighted by Gasteiger charge is 2.12. The second-order valence-electron chi connectivity index (χ2n) is 4.14. The van der Waals surface area contributed by atoms with Crippen LogP contribution in [0.4, 0.5) is 0 Å². The quantitative estimate of drug-likeness (QED) is 0.791. The predicted octanol–water partition coefficient (Wildman–Crippen LogP) is 3.36. The van der Waals surface area contributed by atoms with Gasteiger partial charge in [-0.25, -0.2) is 0 Å². The van der Waals surface area contributed by atoms with Crippen LogP contribution in [0.3, 0.4) is 0 Å². The number of thioether (sulfide) groups is 1. The Labute approximate surface area is 110 Å². The smallest absolute Gasteiger partial charge is 0.278 e. The van der Waals surface area contributed by atoms with Crippen LogP contribution in [0.1, 0.15) is 18.1 Å². The lowest BCUT2D eigenvalue weighted by Gasteiger charge is -2.00. The molecule has 0 spiro atoms. The maximum atomic E-state index is 8.73. The van der Waals surface area contributed by atoms with Crippen LogP contribution in [0.5, 0.6) is 0 Å². The van der Waals surface area contributed by atoms with Crippen LogP contribution in [0.25, 0.3) is 11.5 Å². The van der Waals surface area contributed by atoms with Crippen molar-refractivity contribution in [1.82, 2.24) is 10.2 Å². The summed E-state index contributed by atoms with van der Waals surface area (Å²) in [7, 11) is 0. The SMILES string of the molecule is Cc1cc(C)cc(-c2nnc(SC(C)C#N)o2)c1. The van der Waals surface area contributed by atoms with Gasteiger partial charge < -0.3 is 4.42 Å². The first-order valence-corrected chi connectivity index (χ1v) is 6.45. The Morgan fingerprint density at radius 1 is 1.22 bits per heavy atom. The van der Waals surface area contributed by atoms with Crippen molar-refractivity contribution < 1.29 is 4.42 Å². The number of hydrogen-bond acceptors (Lipinski definition) is 5. The summed E-state index contributed by atoms with van der Waals surface area (Å²) >= 11 is 1.27. The summed E-state index contributed by atoms with van der Waals surface area (Å²) < 4.78 is 5.54. The molecule has 0 aliphatic heterocycles. The number of aromatic nitrogens is 2. The van der Waals surface area contributed by atoms with E-state index in [1.54, 1.807) is 6.92 Å². The Balaban J connectivity index is 2.27. The van der Waals surface area contributed by atoms with Crippen LogP contribution < -0.4 is 0 Å². The summed E-state index contributed by atoms with van der Waals surface area (Å²) in [6.07, 6.45) is 0. The van der Waals surface area contributed by atoms with E-state index in [9.17, 15) is 0 Å². The molecule has 0 amide bonds. The molecule has 2 rings (SSSR count). The van der Waals surface area contributed by atoms with E-state index >= 15 is 0 Å². The fourth-order valence-corrected chi connectivity index (χ4v) is 2.22. The minimum absolute atomic E-state index is 0.197. The lowest BCUT2D eigenvalue weighted by Crippen LogP contribution is -1.88. The highest BCUT2D eigenvalue weighted by Crippen LogP contribution is 2.26. The monoisotopic (exact) mass is 259 g/mol. The van der Waals surface area contributed by atoms with Gasteiger partial charge >= 0.3 is 0 Å². The van der Waals surface area contributed by atoms with E-state index in [2.05, 4.69) is 22.3 Å². The number of aryl methyl sites for hydroxylation is 2. The molecule has 1 aromatic carbocycles. The minimum atomic E-state index is -0.197. The van der Waals surface area contributed by atoms with Crippen LogP contribution >= 0.6 is 11.8 Å². The van der Waals surface area contributed by atoms with Crippen molar-refractivity contribution in [3.8, 4) is 17.5 Å². The van der Waals surface area contributed by atoms with E-state index in [1.165, 1.54) is 11.8 Å². The largest absolute Gasteiger partial charge is 0.411 e. The fourth-order valence-electron chi connectivity index (χ4n) is 1.65. The summed E-state index contributed by atoms with van der Waals surface area (Å²) in [5, 5.41) is 16.9. The average Bonchev–Trinajstić information content (AvgIpc) is 2.76. The van der Waals surface area contributed by atoms with Gasteiger partial charge in [-0.2, -0.15) is 5.26 Å². The highest BCUT2D eigenvalue weighted by molar-refractivity contribution is 7.99. The summed E-state index contributed by atoms with van der Waals surface area (Å²) in [4.78, 5) is 0. The van der Waals surface area contributed by atoms with Crippen LogP contribution in [0.15, 0.2) is 27.8 Å². The van der Waals surface area contributed by atoms with Gasteiger partial charge in [-0.15, -0.1) is 10.2 Å². The van der Waals surface area contributed by atoms with Crippen molar-refractivity contribution in [2.45, 2.75) is 31.2 Å². The van der Waals surface area contributed by atoms with Crippen LogP contribution in [0, 0.1) is 25.2 Å². The van der Waals surface area contributed by atoms with Gasteiger partial charge in [0.2, 0.25) is 5.89 Å². The second-order valence-corrected chi connectivity index (χ2v) is 5.43. The first kappa shape index (κ1) is 12.7. The van der Waals surface area contributed by atoms with Crippen LogP contribution in [-0.2, 0) is 0 Å². The molecule has 0 aliphatic carbocycles. The number of hydrogen-bond donors (Lipinski definition) is 0. The van der Waals surface area contributed by atoms with Gasteiger partial charge in [0, 0.05) is 5.56 Å². The minimum Gasteiger partial charge on any atom is -0.411 e. The molecule has 92 valence electrons. The zero-order valence-electron chi connectivity index (χ0n) is 10.5. The van der Waals surface area contributed by atoms with Gasteiger partial charge in [-0.1, -0.05) is 17.2 Å². The van der Waals surface area contributed by atoms with E-state index in [0.717, 1.165) is 16.7 Å². The molecular formula is C13H13N3OS. The lowest BCUT2D eigenvalue weighted by molar-refractivity contribution is 0.465. The molecule has 1 atom stereocenters. The summed E-state index contributed by atoms with van der Waals surface area (Å²) in [6.45, 7) is 5.85. The zero-order chi connectivity index (χ0) is 13.1. The van der Waals surface area contributed by atoms with E-state index < -0.39 is 0 Å². The van der Waals surface area contributed by atoms with Crippen LogP contribution in [0.2, 0.25) is 0 Å². The third kappa shape index (κ3) is 2.90. The Bertz CT molecular complexity index is 580. The van der Waals surface area contributed by atoms with Gasteiger partial charge in [0.1, 0.15) is 0 Å². The van der Waals surface area contributed by atoms with Crippen molar-refractivity contribution in [3.05, 3.63) is 29.3 Å². The van der Waals surface area contributed by atoms with Crippen molar-refractivity contribution in [1.29, 1.82) is 5.26 Å². The average molecular weight is 259 g/mol. The van der Waals surface area contributed by atoms with Gasteiger partial charge in [0.05, 0.1) is 11.3 Å². The van der Waals surface area contributed by atoms with Crippen LogP contribution in [-0.4, -0.2) is 15.4 Å². The maximum absolute atomic E-state index is 8.73. The van der Waals surface area contributed by atoms with Crippen molar-refractivity contribution in [2.75, 3.05) is 0 Å². The van der Waals surface area contributed by atoms with E-state index in [1.807, 2.05) is 26.0 Å². The molecule has 0 N–H and O–H groups in total. The fraction of sp³-hybridized carbons (Fsp3) is 0.308. The number of rotatable bonds is 3. The molecule has 2 aromatic rings. The van der Waals surface area contributed by atoms with Gasteiger partial charge in [-0.3, -0.25) is 0 Å². The molecule has 0 fully saturated rings. The van der Waals surface area contributed by atoms with E-state index in [0.29, 0.717) is 11.1 Å². The molecule has 0 saturated heterocycles. The number of benzene rings is 1. The first-order chi connectivity index (χ1) is 8.58. The topological polar surface area (TPSA) is 62.7 Å². The molecule has 1 aromatic heterocycles. The van der Waals surface area contributed by atoms with Gasteiger partial charge in [0.15, 0.2) is 0 Å². The first-order valence-electron chi connectivity index (χ1n) is 5.57. The van der Waals surface area contributed by atoms with Gasteiger partial charge in [-0.05, 0) is 44.7 Å². The summed E-state index contributed by atoms with van der Waals surface area (Å²) in [6, 6.07) is 8.21. The van der Waals surface area contributed by atoms with E-state index in [-0.39, 0.29) is 5.25 Å². The number of nitriles is 1. The maximum Gasteiger partial charge on any atom is 0.278 e. The Hall–Kier alpha value is -1.80. The summed E-state index contributed by atoms with van der Waals surface area (Å²) in [5.41, 5.74) is 3.22. The molecule has 0 saturated carbocycles. The normalized spacial score (nSPS) is 12.1. The van der Waals surface area contributed by atoms with Crippen molar-refractivity contribution >= 4 is 11.8 Å². The predicted molar refractivity (Wildman–Crippen MR) is 70.1 cm³/mol. The Morgan fingerprint density at radius 3 is 2.50 bits per heavy atom. The van der Waals surface area contributed by atoms with Crippen molar-refractivity contribution in [3.63, 3.8) is 0 Å². The van der Waals surface area contributed by atoms with E-state index in [4.69, 9.17) is 9.68 Å². The Morgan fingerprint density at radius 2 is 1.89 bits per heavy atom. The number of nitrogens with zero attached hydrogens (tertiary/aromatic N) is 3. The zero-order valence-corrected chi connectivity index (χ0v) is 11.3. The molecule has 0 bridgehead atoms. The lowest BCUT2D eigenvalue weighted by atomic mass is 10.1. The van der Waals surface area contributed by atoms with Crippen molar-refractivity contribution in [2.24, 2.45) is 0 Å². The summed E-state index contributed by atoms with van der Waals surface area (Å²) in [5.74, 6) is 0.495. The Kier molecular flexibility index (Phi) is 3.68. The molecule has 5 heteroatoms. The third-order valence-electron chi connectivity index (χ3n) is 2.33. The molecule has 18 heavy (non-hydrogen) atoms. The highest BCUT2D eigenvalue weighted by atomic mass is 32.2. The molecular weight excluding hydrogens is 246 g/mol. The molecule has 1 heterocycles. The molecule has 0 aliphatic rings. The molecule has 1 unspecified atom stereocenters. The van der Waals surface area contributed by atoms with Gasteiger partial charge in [0.25, 0.3) is 5.22 Å². The second kappa shape index (κ2) is 5.23. The molecule has 4 nitrogen and oxygen atoms in total. The molecule has 0 radical (unpaired) electrons. The third-order valence-corrected chi connectivity index (χ3v) is 3.16. The standard InChI is InChI=1S/C13H13N3OS/c1-8-4-9(2)6-11(5-8)12-15-16-13(17-12)18-10(3)7-14/h4-6,10H,1-3H3.